The molecular formula is C16H22N2O. The Bertz CT molecular complexity index is 478. The summed E-state index contributed by atoms with van der Waals surface area (Å²) < 4.78 is 0. The van der Waals surface area contributed by atoms with Gasteiger partial charge in [-0.15, -0.1) is 0 Å². The molecule has 3 nitrogen and oxygen atoms in total. The van der Waals surface area contributed by atoms with Gasteiger partial charge in [0.1, 0.15) is 0 Å². The molecule has 0 aromatic heterocycles. The van der Waals surface area contributed by atoms with Gasteiger partial charge in [0.05, 0.1) is 0 Å². The number of nitrogens with zero attached hydrogens (tertiary/aromatic N) is 1. The lowest BCUT2D eigenvalue weighted by Crippen LogP contribution is -2.45. The number of nitrogens with one attached hydrogen (secondary N) is 1. The van der Waals surface area contributed by atoms with Gasteiger partial charge in [-0.2, -0.15) is 0 Å². The first-order valence-corrected chi connectivity index (χ1v) is 7.41. The van der Waals surface area contributed by atoms with E-state index in [-0.39, 0.29) is 6.03 Å². The molecule has 2 amide bonds. The Kier molecular flexibility index (Phi) is 3.45. The van der Waals surface area contributed by atoms with Crippen LogP contribution >= 0.6 is 0 Å². The van der Waals surface area contributed by atoms with Crippen molar-refractivity contribution in [2.75, 3.05) is 11.4 Å². The van der Waals surface area contributed by atoms with Crippen LogP contribution in [-0.2, 0) is 6.42 Å². The van der Waals surface area contributed by atoms with E-state index in [0.717, 1.165) is 31.5 Å². The molecule has 0 radical (unpaired) electrons. The molecule has 1 fully saturated rings. The van der Waals surface area contributed by atoms with Crippen molar-refractivity contribution in [1.82, 2.24) is 5.32 Å². The Morgan fingerprint density at radius 2 is 2.05 bits per heavy atom. The van der Waals surface area contributed by atoms with Crippen molar-refractivity contribution in [3.63, 3.8) is 0 Å². The van der Waals surface area contributed by atoms with Crippen molar-refractivity contribution in [2.24, 2.45) is 0 Å². The number of aryl methyl sites for hydroxylation is 1. The molecule has 1 N–H and O–H groups in total. The van der Waals surface area contributed by atoms with E-state index in [9.17, 15) is 4.79 Å². The molecular weight excluding hydrogens is 236 g/mol. The second-order valence-electron chi connectivity index (χ2n) is 5.82. The van der Waals surface area contributed by atoms with Crippen molar-refractivity contribution in [1.29, 1.82) is 0 Å². The molecule has 0 bridgehead atoms. The number of benzene rings is 1. The summed E-state index contributed by atoms with van der Waals surface area (Å²) in [6.07, 6.45) is 7.08. The normalized spacial score (nSPS) is 19.3. The molecule has 3 rings (SSSR count). The predicted molar refractivity (Wildman–Crippen MR) is 77.6 cm³/mol. The largest absolute Gasteiger partial charge is 0.335 e. The molecule has 2 aliphatic rings. The van der Waals surface area contributed by atoms with Gasteiger partial charge < -0.3 is 5.32 Å². The van der Waals surface area contributed by atoms with Crippen LogP contribution in [-0.4, -0.2) is 18.6 Å². The van der Waals surface area contributed by atoms with E-state index in [1.165, 1.54) is 30.4 Å². The molecule has 0 spiro atoms. The standard InChI is InChI=1S/C16H22N2O/c1-12-7-8-15-13(11-12)9-10-18(15)16(19)17-14-5-3-2-4-6-14/h7-8,11,14H,2-6,9-10H2,1H3,(H,17,19). The average Bonchev–Trinajstić information content (AvgIpc) is 2.82. The van der Waals surface area contributed by atoms with Gasteiger partial charge in [-0.05, 0) is 37.8 Å². The second-order valence-corrected chi connectivity index (χ2v) is 5.82. The Morgan fingerprint density at radius 1 is 1.26 bits per heavy atom. The number of hydrogen-bond donors (Lipinski definition) is 1. The van der Waals surface area contributed by atoms with Gasteiger partial charge in [0.15, 0.2) is 0 Å². The zero-order valence-corrected chi connectivity index (χ0v) is 11.6. The third-order valence-electron chi connectivity index (χ3n) is 4.31. The van der Waals surface area contributed by atoms with Crippen LogP contribution < -0.4 is 10.2 Å². The predicted octanol–water partition coefficient (Wildman–Crippen LogP) is 3.40. The van der Waals surface area contributed by atoms with Crippen LogP contribution in [0.15, 0.2) is 18.2 Å². The van der Waals surface area contributed by atoms with E-state index < -0.39 is 0 Å². The topological polar surface area (TPSA) is 32.3 Å². The zero-order valence-electron chi connectivity index (χ0n) is 11.6. The van der Waals surface area contributed by atoms with E-state index in [4.69, 9.17) is 0 Å². The van der Waals surface area contributed by atoms with Crippen LogP contribution in [0, 0.1) is 6.92 Å². The fourth-order valence-electron chi connectivity index (χ4n) is 3.24. The summed E-state index contributed by atoms with van der Waals surface area (Å²) in [4.78, 5) is 14.3. The highest BCUT2D eigenvalue weighted by Gasteiger charge is 2.26. The van der Waals surface area contributed by atoms with Gasteiger partial charge >= 0.3 is 6.03 Å². The van der Waals surface area contributed by atoms with E-state index in [0.29, 0.717) is 6.04 Å². The van der Waals surface area contributed by atoms with Gasteiger partial charge in [-0.3, -0.25) is 4.90 Å². The Hall–Kier alpha value is -1.51. The third-order valence-corrected chi connectivity index (χ3v) is 4.31. The smallest absolute Gasteiger partial charge is 0.322 e. The van der Waals surface area contributed by atoms with Crippen molar-refractivity contribution < 1.29 is 4.79 Å². The third kappa shape index (κ3) is 2.60. The Labute approximate surface area is 115 Å². The maximum absolute atomic E-state index is 12.4. The van der Waals surface area contributed by atoms with E-state index in [1.54, 1.807) is 0 Å². The summed E-state index contributed by atoms with van der Waals surface area (Å²) in [6.45, 7) is 2.92. The van der Waals surface area contributed by atoms with Gasteiger partial charge in [0.25, 0.3) is 0 Å². The van der Waals surface area contributed by atoms with Gasteiger partial charge in [-0.25, -0.2) is 4.79 Å². The molecule has 1 aromatic rings. The van der Waals surface area contributed by atoms with E-state index in [2.05, 4.69) is 30.4 Å². The molecule has 1 aliphatic carbocycles. The van der Waals surface area contributed by atoms with E-state index in [1.807, 2.05) is 4.90 Å². The number of rotatable bonds is 1. The summed E-state index contributed by atoms with van der Waals surface area (Å²) >= 11 is 0. The number of urea groups is 1. The van der Waals surface area contributed by atoms with Crippen LogP contribution in [0.3, 0.4) is 0 Å². The molecule has 1 aliphatic heterocycles. The molecule has 0 atom stereocenters. The van der Waals surface area contributed by atoms with Crippen molar-refractivity contribution in [2.45, 2.75) is 51.5 Å². The van der Waals surface area contributed by atoms with Gasteiger partial charge in [-0.1, -0.05) is 37.0 Å². The summed E-state index contributed by atoms with van der Waals surface area (Å²) in [7, 11) is 0. The first-order valence-electron chi connectivity index (χ1n) is 7.41. The number of anilines is 1. The maximum atomic E-state index is 12.4. The lowest BCUT2D eigenvalue weighted by Gasteiger charge is -2.26. The minimum absolute atomic E-state index is 0.0921. The fraction of sp³-hybridized carbons (Fsp3) is 0.562. The summed E-state index contributed by atoms with van der Waals surface area (Å²) in [5, 5.41) is 3.20. The van der Waals surface area contributed by atoms with Crippen LogP contribution in [0.1, 0.15) is 43.2 Å². The summed E-state index contributed by atoms with van der Waals surface area (Å²) in [5.41, 5.74) is 3.67. The Morgan fingerprint density at radius 3 is 2.84 bits per heavy atom. The maximum Gasteiger partial charge on any atom is 0.322 e. The lowest BCUT2D eigenvalue weighted by molar-refractivity contribution is 0.238. The van der Waals surface area contributed by atoms with Crippen LogP contribution in [0.2, 0.25) is 0 Å². The second kappa shape index (κ2) is 5.24. The fourth-order valence-corrected chi connectivity index (χ4v) is 3.24. The van der Waals surface area contributed by atoms with Crippen molar-refractivity contribution in [3.05, 3.63) is 29.3 Å². The van der Waals surface area contributed by atoms with Gasteiger partial charge in [0, 0.05) is 18.3 Å². The number of carbonyl (C=O) groups excluding carboxylic acids is 1. The molecule has 1 heterocycles. The minimum atomic E-state index is 0.0921. The molecule has 3 heteroatoms. The zero-order chi connectivity index (χ0) is 13.2. The van der Waals surface area contributed by atoms with Crippen LogP contribution in [0.4, 0.5) is 10.5 Å². The molecule has 1 aromatic carbocycles. The highest BCUT2D eigenvalue weighted by Crippen LogP contribution is 2.29. The number of fused-ring (bicyclic) bond motifs is 1. The lowest BCUT2D eigenvalue weighted by atomic mass is 9.96. The van der Waals surface area contributed by atoms with E-state index >= 15 is 0 Å². The van der Waals surface area contributed by atoms with Gasteiger partial charge in [0.2, 0.25) is 0 Å². The monoisotopic (exact) mass is 258 g/mol. The molecule has 0 unspecified atom stereocenters. The summed E-state index contributed by atoms with van der Waals surface area (Å²) in [6, 6.07) is 6.84. The SMILES string of the molecule is Cc1ccc2c(c1)CCN2C(=O)NC1CCCCC1. The quantitative estimate of drug-likeness (QED) is 0.822. The number of hydrogen-bond acceptors (Lipinski definition) is 1. The molecule has 19 heavy (non-hydrogen) atoms. The van der Waals surface area contributed by atoms with Crippen molar-refractivity contribution >= 4 is 11.7 Å². The minimum Gasteiger partial charge on any atom is -0.335 e. The molecule has 1 saturated carbocycles. The number of carbonyl (C=O) groups is 1. The van der Waals surface area contributed by atoms with Crippen LogP contribution in [0.25, 0.3) is 0 Å². The number of amides is 2. The molecule has 102 valence electrons. The van der Waals surface area contributed by atoms with Crippen LogP contribution in [0.5, 0.6) is 0 Å². The average molecular weight is 258 g/mol. The molecule has 0 saturated heterocycles. The first-order chi connectivity index (χ1) is 9.24. The highest BCUT2D eigenvalue weighted by molar-refractivity contribution is 5.94. The summed E-state index contributed by atoms with van der Waals surface area (Å²) in [5.74, 6) is 0. The highest BCUT2D eigenvalue weighted by atomic mass is 16.2. The Balaban J connectivity index is 1.69. The van der Waals surface area contributed by atoms with Crippen molar-refractivity contribution in [3.8, 4) is 0 Å². The first kappa shape index (κ1) is 12.5.